The number of pyridine rings is 1. The number of carbonyl (C=O) groups is 1. The molecule has 0 spiro atoms. The predicted octanol–water partition coefficient (Wildman–Crippen LogP) is 2.61. The number of alkyl halides is 3. The van der Waals surface area contributed by atoms with Crippen LogP contribution in [0.3, 0.4) is 0 Å². The van der Waals surface area contributed by atoms with Crippen LogP contribution in [0.4, 0.5) is 13.2 Å². The summed E-state index contributed by atoms with van der Waals surface area (Å²) in [5.74, 6) is -0.946. The molecule has 122 valence electrons. The van der Waals surface area contributed by atoms with Crippen LogP contribution in [-0.4, -0.2) is 34.7 Å². The summed E-state index contributed by atoms with van der Waals surface area (Å²) < 4.78 is 43.5. The van der Waals surface area contributed by atoms with Crippen LogP contribution in [0.2, 0.25) is 0 Å². The number of nitrogens with one attached hydrogen (secondary N) is 1. The number of halogens is 3. The maximum atomic E-state index is 12.8. The summed E-state index contributed by atoms with van der Waals surface area (Å²) in [7, 11) is 1.32. The van der Waals surface area contributed by atoms with E-state index in [0.29, 0.717) is 10.9 Å². The zero-order valence-electron chi connectivity index (χ0n) is 11.8. The van der Waals surface area contributed by atoms with Crippen LogP contribution in [0.15, 0.2) is 24.3 Å². The minimum Gasteiger partial charge on any atom is -0.494 e. The highest BCUT2D eigenvalue weighted by atomic mass is 32.1. The van der Waals surface area contributed by atoms with Gasteiger partial charge in [0.15, 0.2) is 0 Å². The van der Waals surface area contributed by atoms with E-state index in [-0.39, 0.29) is 16.3 Å². The van der Waals surface area contributed by atoms with E-state index in [1.807, 2.05) is 0 Å². The molecule has 2 rings (SSSR count). The van der Waals surface area contributed by atoms with Crippen molar-refractivity contribution < 1.29 is 27.8 Å². The van der Waals surface area contributed by atoms with Crippen molar-refractivity contribution in [2.24, 2.45) is 0 Å². The lowest BCUT2D eigenvalue weighted by Gasteiger charge is -2.13. The third kappa shape index (κ3) is 3.67. The molecule has 0 aliphatic heterocycles. The molecule has 0 atom stereocenters. The highest BCUT2D eigenvalue weighted by molar-refractivity contribution is 7.80. The number of methoxy groups -OCH3 is 1. The number of aromatic nitrogens is 1. The summed E-state index contributed by atoms with van der Waals surface area (Å²) in [6.07, 6.45) is -4.59. The van der Waals surface area contributed by atoms with Crippen LogP contribution in [0.25, 0.3) is 10.9 Å². The van der Waals surface area contributed by atoms with Crippen molar-refractivity contribution in [1.29, 1.82) is 0 Å². The lowest BCUT2D eigenvalue weighted by Crippen LogP contribution is -2.28. The van der Waals surface area contributed by atoms with Crippen molar-refractivity contribution in [3.8, 4) is 5.75 Å². The fourth-order valence-corrected chi connectivity index (χ4v) is 2.21. The van der Waals surface area contributed by atoms with Gasteiger partial charge in [-0.05, 0) is 24.3 Å². The molecular weight excluding hydrogens is 333 g/mol. The van der Waals surface area contributed by atoms with Crippen molar-refractivity contribution in [2.45, 2.75) is 6.18 Å². The van der Waals surface area contributed by atoms with E-state index in [0.717, 1.165) is 6.07 Å². The molecule has 2 N–H and O–H groups in total. The van der Waals surface area contributed by atoms with Gasteiger partial charge >= 0.3 is 12.1 Å². The average Bonchev–Trinajstić information content (AvgIpc) is 2.50. The molecule has 0 unspecified atom stereocenters. The minimum atomic E-state index is -4.59. The molecule has 9 heteroatoms. The van der Waals surface area contributed by atoms with E-state index in [9.17, 15) is 18.0 Å². The molecule has 0 radical (unpaired) electrons. The van der Waals surface area contributed by atoms with Crippen LogP contribution < -0.4 is 10.1 Å². The van der Waals surface area contributed by atoms with Gasteiger partial charge in [-0.2, -0.15) is 13.2 Å². The molecule has 1 aromatic heterocycles. The van der Waals surface area contributed by atoms with Gasteiger partial charge in [-0.25, -0.2) is 4.98 Å². The maximum absolute atomic E-state index is 12.8. The smallest absolute Gasteiger partial charge is 0.433 e. The molecule has 0 saturated heterocycles. The van der Waals surface area contributed by atoms with Gasteiger partial charge in [-0.15, -0.1) is 0 Å². The minimum absolute atomic E-state index is 0.000648. The van der Waals surface area contributed by atoms with Crippen LogP contribution in [-0.2, 0) is 11.0 Å². The zero-order valence-corrected chi connectivity index (χ0v) is 12.6. The lowest BCUT2D eigenvalue weighted by atomic mass is 10.1. The van der Waals surface area contributed by atoms with E-state index in [4.69, 9.17) is 22.1 Å². The number of ether oxygens (including phenoxy) is 1. The number of hydrogen-bond acceptors (Lipinski definition) is 4. The van der Waals surface area contributed by atoms with E-state index in [2.05, 4.69) is 10.3 Å². The number of thiocarbonyl (C=S) groups is 1. The summed E-state index contributed by atoms with van der Waals surface area (Å²) in [5, 5.41) is 11.5. The Hall–Kier alpha value is -2.42. The van der Waals surface area contributed by atoms with Gasteiger partial charge in [-0.3, -0.25) is 4.79 Å². The van der Waals surface area contributed by atoms with Crippen LogP contribution in [0.1, 0.15) is 11.3 Å². The molecule has 2 aromatic rings. The molecule has 1 aromatic carbocycles. The second-order valence-electron chi connectivity index (χ2n) is 4.48. The van der Waals surface area contributed by atoms with Gasteiger partial charge in [0.25, 0.3) is 0 Å². The van der Waals surface area contributed by atoms with Crippen LogP contribution >= 0.6 is 12.2 Å². The van der Waals surface area contributed by atoms with Crippen molar-refractivity contribution >= 4 is 34.1 Å². The molecule has 0 bridgehead atoms. The molecule has 0 fully saturated rings. The first-order valence-electron chi connectivity index (χ1n) is 6.29. The second kappa shape index (κ2) is 6.37. The first kappa shape index (κ1) is 16.9. The monoisotopic (exact) mass is 344 g/mol. The highest BCUT2D eigenvalue weighted by Crippen LogP contribution is 2.33. The number of benzene rings is 1. The Bertz CT molecular complexity index is 778. The summed E-state index contributed by atoms with van der Waals surface area (Å²) in [4.78, 5) is 14.3. The van der Waals surface area contributed by atoms with E-state index in [1.165, 1.54) is 25.3 Å². The predicted molar refractivity (Wildman–Crippen MR) is 80.6 cm³/mol. The molecule has 5 nitrogen and oxygen atoms in total. The molecule has 0 saturated carbocycles. The summed E-state index contributed by atoms with van der Waals surface area (Å²) in [5.41, 5.74) is -0.678. The quantitative estimate of drug-likeness (QED) is 0.831. The van der Waals surface area contributed by atoms with Crippen LogP contribution in [0, 0.1) is 0 Å². The van der Waals surface area contributed by atoms with Gasteiger partial charge in [0.2, 0.25) is 0 Å². The van der Waals surface area contributed by atoms with Gasteiger partial charge in [-0.1, -0.05) is 12.2 Å². The summed E-state index contributed by atoms with van der Waals surface area (Å²) >= 11 is 5.09. The Morgan fingerprint density at radius 2 is 2.04 bits per heavy atom. The first-order valence-corrected chi connectivity index (χ1v) is 6.70. The number of fused-ring (bicyclic) bond motifs is 1. The Morgan fingerprint density at radius 1 is 1.35 bits per heavy atom. The normalized spacial score (nSPS) is 11.3. The van der Waals surface area contributed by atoms with Crippen LogP contribution in [0.5, 0.6) is 5.75 Å². The fraction of sp³-hybridized carbons (Fsp3) is 0.214. The third-order valence-electron chi connectivity index (χ3n) is 2.98. The first-order chi connectivity index (χ1) is 10.7. The molecule has 23 heavy (non-hydrogen) atoms. The van der Waals surface area contributed by atoms with Gasteiger partial charge in [0, 0.05) is 10.9 Å². The van der Waals surface area contributed by atoms with E-state index in [1.54, 1.807) is 0 Å². The Morgan fingerprint density at radius 3 is 2.61 bits per heavy atom. The molecule has 1 heterocycles. The molecule has 0 amide bonds. The highest BCUT2D eigenvalue weighted by Gasteiger charge is 2.33. The van der Waals surface area contributed by atoms with Gasteiger partial charge in [0.1, 0.15) is 28.5 Å². The Kier molecular flexibility index (Phi) is 4.69. The summed E-state index contributed by atoms with van der Waals surface area (Å²) in [6, 6.07) is 5.04. The number of aliphatic carboxylic acids is 1. The lowest BCUT2D eigenvalue weighted by molar-refractivity contribution is -0.141. The average molecular weight is 344 g/mol. The maximum Gasteiger partial charge on any atom is 0.433 e. The topological polar surface area (TPSA) is 71.5 Å². The van der Waals surface area contributed by atoms with Crippen molar-refractivity contribution in [3.05, 3.63) is 35.5 Å². The van der Waals surface area contributed by atoms with Crippen molar-refractivity contribution in [2.75, 3.05) is 13.7 Å². The number of carboxylic acids is 1. The zero-order chi connectivity index (χ0) is 17.2. The van der Waals surface area contributed by atoms with E-state index < -0.39 is 24.4 Å². The van der Waals surface area contributed by atoms with Gasteiger partial charge in [0.05, 0.1) is 7.11 Å². The largest absolute Gasteiger partial charge is 0.494 e. The molecule has 0 aliphatic carbocycles. The molecule has 0 aliphatic rings. The number of nitrogens with zero attached hydrogens (tertiary/aromatic N) is 1. The van der Waals surface area contributed by atoms with Gasteiger partial charge < -0.3 is 15.2 Å². The second-order valence-corrected chi connectivity index (χ2v) is 4.89. The Labute approximate surface area is 134 Å². The standard InChI is InChI=1S/C14H11F3N2O3S/c1-22-9-4-2-8(13(23)18-6-11(20)21)7-3-5-10(14(15,16)17)19-12(7)9/h2-5H,6H2,1H3,(H,18,23)(H,20,21). The van der Waals surface area contributed by atoms with Crippen molar-refractivity contribution in [1.82, 2.24) is 10.3 Å². The Balaban J connectivity index is 2.56. The number of hydrogen-bond donors (Lipinski definition) is 2. The van der Waals surface area contributed by atoms with Crippen molar-refractivity contribution in [3.63, 3.8) is 0 Å². The third-order valence-corrected chi connectivity index (χ3v) is 3.34. The fourth-order valence-electron chi connectivity index (χ4n) is 1.96. The molecular formula is C14H11F3N2O3S. The van der Waals surface area contributed by atoms with E-state index >= 15 is 0 Å². The summed E-state index contributed by atoms with van der Waals surface area (Å²) in [6.45, 7) is -0.402. The SMILES string of the molecule is COc1ccc(C(=S)NCC(=O)O)c2ccc(C(F)(F)F)nc12. The number of carboxylic acid groups (broad SMARTS) is 1. The number of rotatable bonds is 4.